The highest BCUT2D eigenvalue weighted by Gasteiger charge is 2.31. The molecule has 1 aromatic carbocycles. The van der Waals surface area contributed by atoms with Crippen LogP contribution in [0.3, 0.4) is 0 Å². The molecule has 0 unspecified atom stereocenters. The van der Waals surface area contributed by atoms with E-state index in [0.29, 0.717) is 24.1 Å². The van der Waals surface area contributed by atoms with E-state index in [1.165, 1.54) is 6.07 Å². The molecule has 2 aromatic rings. The maximum absolute atomic E-state index is 12.6. The van der Waals surface area contributed by atoms with Crippen LogP contribution in [0, 0.1) is 5.92 Å². The first-order chi connectivity index (χ1) is 9.79. The molecule has 3 nitrogen and oxygen atoms in total. The third-order valence-corrected chi connectivity index (χ3v) is 3.15. The van der Waals surface area contributed by atoms with Crippen molar-refractivity contribution in [3.63, 3.8) is 0 Å². The molecule has 0 saturated heterocycles. The molecule has 2 rings (SSSR count). The number of nitrogens with zero attached hydrogens (tertiary/aromatic N) is 2. The van der Waals surface area contributed by atoms with Crippen LogP contribution in [0.4, 0.5) is 19.1 Å². The zero-order valence-corrected chi connectivity index (χ0v) is 12.3. The smallest absolute Gasteiger partial charge is 0.355 e. The van der Waals surface area contributed by atoms with Gasteiger partial charge in [-0.3, -0.25) is 4.57 Å². The molecule has 0 saturated carbocycles. The van der Waals surface area contributed by atoms with Crippen molar-refractivity contribution in [3.8, 4) is 5.69 Å². The lowest BCUT2D eigenvalue weighted by molar-refractivity contribution is -0.137. The summed E-state index contributed by atoms with van der Waals surface area (Å²) < 4.78 is 39.6. The molecule has 21 heavy (non-hydrogen) atoms. The first-order valence-corrected chi connectivity index (χ1v) is 6.81. The highest BCUT2D eigenvalue weighted by atomic mass is 35.5. The van der Waals surface area contributed by atoms with Gasteiger partial charge in [-0.25, -0.2) is 4.98 Å². The zero-order valence-electron chi connectivity index (χ0n) is 11.6. The maximum atomic E-state index is 12.6. The van der Waals surface area contributed by atoms with Gasteiger partial charge in [0.1, 0.15) is 0 Å². The highest BCUT2D eigenvalue weighted by Crippen LogP contribution is 2.33. The summed E-state index contributed by atoms with van der Waals surface area (Å²) in [7, 11) is 0. The minimum atomic E-state index is -4.41. The van der Waals surface area contributed by atoms with Crippen molar-refractivity contribution in [1.82, 2.24) is 9.55 Å². The Morgan fingerprint density at radius 1 is 1.33 bits per heavy atom. The van der Waals surface area contributed by atoms with Crippen LogP contribution in [0.25, 0.3) is 5.69 Å². The Balaban J connectivity index is 2.33. The van der Waals surface area contributed by atoms with Crippen LogP contribution in [-0.4, -0.2) is 16.1 Å². The van der Waals surface area contributed by atoms with Crippen LogP contribution in [0.2, 0.25) is 5.02 Å². The van der Waals surface area contributed by atoms with E-state index in [2.05, 4.69) is 10.3 Å². The van der Waals surface area contributed by atoms with E-state index in [1.807, 2.05) is 13.8 Å². The summed E-state index contributed by atoms with van der Waals surface area (Å²) in [4.78, 5) is 4.15. The molecule has 0 aliphatic rings. The predicted octanol–water partition coefficient (Wildman–Crippen LogP) is 4.61. The Kier molecular flexibility index (Phi) is 4.46. The number of hydrogen-bond donors (Lipinski definition) is 1. The van der Waals surface area contributed by atoms with Gasteiger partial charge in [0.05, 0.1) is 16.3 Å². The van der Waals surface area contributed by atoms with E-state index in [0.717, 1.165) is 12.1 Å². The van der Waals surface area contributed by atoms with E-state index in [-0.39, 0.29) is 5.02 Å². The van der Waals surface area contributed by atoms with Crippen LogP contribution in [0.15, 0.2) is 30.6 Å². The summed E-state index contributed by atoms with van der Waals surface area (Å²) in [5.41, 5.74) is -0.318. The average molecular weight is 318 g/mol. The molecule has 0 atom stereocenters. The van der Waals surface area contributed by atoms with Gasteiger partial charge in [0, 0.05) is 18.9 Å². The largest absolute Gasteiger partial charge is 0.416 e. The fourth-order valence-corrected chi connectivity index (χ4v) is 2.07. The molecule has 0 fully saturated rings. The fourth-order valence-electron chi connectivity index (χ4n) is 1.80. The Bertz CT molecular complexity index is 620. The first kappa shape index (κ1) is 15.7. The second-order valence-electron chi connectivity index (χ2n) is 5.06. The summed E-state index contributed by atoms with van der Waals surface area (Å²) >= 11 is 5.99. The Morgan fingerprint density at radius 3 is 2.62 bits per heavy atom. The first-order valence-electron chi connectivity index (χ1n) is 6.43. The van der Waals surface area contributed by atoms with E-state index >= 15 is 0 Å². The van der Waals surface area contributed by atoms with E-state index in [9.17, 15) is 13.2 Å². The standard InChI is InChI=1S/C14H15ClF3N3/c1-9(2)8-20-13-19-5-6-21(13)12-4-3-10(7-11(12)15)14(16,17)18/h3-7,9H,8H2,1-2H3,(H,19,20). The maximum Gasteiger partial charge on any atom is 0.416 e. The number of halogens is 4. The lowest BCUT2D eigenvalue weighted by atomic mass is 10.2. The molecule has 1 heterocycles. The van der Waals surface area contributed by atoms with E-state index in [4.69, 9.17) is 11.6 Å². The Hall–Kier alpha value is -1.69. The van der Waals surface area contributed by atoms with Gasteiger partial charge in [0.25, 0.3) is 0 Å². The molecule has 7 heteroatoms. The zero-order chi connectivity index (χ0) is 15.6. The lowest BCUT2D eigenvalue weighted by Gasteiger charge is -2.14. The predicted molar refractivity (Wildman–Crippen MR) is 76.9 cm³/mol. The van der Waals surface area contributed by atoms with Crippen LogP contribution < -0.4 is 5.32 Å². The van der Waals surface area contributed by atoms with Gasteiger partial charge in [-0.1, -0.05) is 25.4 Å². The molecule has 0 amide bonds. The van der Waals surface area contributed by atoms with Gasteiger partial charge in [0.2, 0.25) is 5.95 Å². The molecule has 114 valence electrons. The van der Waals surface area contributed by atoms with E-state index in [1.54, 1.807) is 17.0 Å². The number of nitrogens with one attached hydrogen (secondary N) is 1. The second-order valence-corrected chi connectivity index (χ2v) is 5.47. The van der Waals surface area contributed by atoms with Crippen molar-refractivity contribution >= 4 is 17.5 Å². The summed E-state index contributed by atoms with van der Waals surface area (Å²) in [5.74, 6) is 0.962. The van der Waals surface area contributed by atoms with Crippen molar-refractivity contribution in [2.24, 2.45) is 5.92 Å². The van der Waals surface area contributed by atoms with E-state index < -0.39 is 11.7 Å². The topological polar surface area (TPSA) is 29.9 Å². The second kappa shape index (κ2) is 5.97. The summed E-state index contributed by atoms with van der Waals surface area (Å²) in [6, 6.07) is 3.27. The third-order valence-electron chi connectivity index (χ3n) is 2.84. The molecular formula is C14H15ClF3N3. The lowest BCUT2D eigenvalue weighted by Crippen LogP contribution is -2.12. The molecule has 0 aliphatic carbocycles. The van der Waals surface area contributed by atoms with Gasteiger partial charge in [0.15, 0.2) is 0 Å². The number of rotatable bonds is 4. The van der Waals surface area contributed by atoms with Gasteiger partial charge < -0.3 is 5.32 Å². The average Bonchev–Trinajstić information content (AvgIpc) is 2.83. The highest BCUT2D eigenvalue weighted by molar-refractivity contribution is 6.32. The quantitative estimate of drug-likeness (QED) is 0.892. The van der Waals surface area contributed by atoms with Crippen molar-refractivity contribution in [3.05, 3.63) is 41.2 Å². The van der Waals surface area contributed by atoms with Gasteiger partial charge in [-0.05, 0) is 24.1 Å². The molecule has 1 aromatic heterocycles. The Morgan fingerprint density at radius 2 is 2.05 bits per heavy atom. The number of imidazole rings is 1. The number of hydrogen-bond acceptors (Lipinski definition) is 2. The van der Waals surface area contributed by atoms with Gasteiger partial charge >= 0.3 is 6.18 Å². The SMILES string of the molecule is CC(C)CNc1nccn1-c1ccc(C(F)(F)F)cc1Cl. The van der Waals surface area contributed by atoms with Crippen LogP contribution in [0.5, 0.6) is 0 Å². The fraction of sp³-hybridized carbons (Fsp3) is 0.357. The van der Waals surface area contributed by atoms with Crippen molar-refractivity contribution < 1.29 is 13.2 Å². The Labute approximate surface area is 125 Å². The van der Waals surface area contributed by atoms with Crippen molar-refractivity contribution in [2.75, 3.05) is 11.9 Å². The number of anilines is 1. The number of alkyl halides is 3. The molecule has 0 spiro atoms. The van der Waals surface area contributed by atoms with Gasteiger partial charge in [-0.15, -0.1) is 0 Å². The van der Waals surface area contributed by atoms with Crippen LogP contribution in [-0.2, 0) is 6.18 Å². The number of aromatic nitrogens is 2. The van der Waals surface area contributed by atoms with Crippen LogP contribution in [0.1, 0.15) is 19.4 Å². The number of benzene rings is 1. The summed E-state index contributed by atoms with van der Waals surface area (Å²) in [6.07, 6.45) is -1.19. The molecule has 0 bridgehead atoms. The third kappa shape index (κ3) is 3.69. The minimum absolute atomic E-state index is 0.0235. The minimum Gasteiger partial charge on any atom is -0.355 e. The van der Waals surface area contributed by atoms with Crippen LogP contribution >= 0.6 is 11.6 Å². The monoisotopic (exact) mass is 317 g/mol. The molecule has 0 radical (unpaired) electrons. The summed E-state index contributed by atoms with van der Waals surface area (Å²) in [6.45, 7) is 4.80. The van der Waals surface area contributed by atoms with Crippen molar-refractivity contribution in [1.29, 1.82) is 0 Å². The van der Waals surface area contributed by atoms with Gasteiger partial charge in [-0.2, -0.15) is 13.2 Å². The normalized spacial score (nSPS) is 12.0. The summed E-state index contributed by atoms with van der Waals surface area (Å²) in [5, 5.41) is 3.16. The molecular weight excluding hydrogens is 303 g/mol. The van der Waals surface area contributed by atoms with Crippen molar-refractivity contribution in [2.45, 2.75) is 20.0 Å². The molecule has 0 aliphatic heterocycles. The molecule has 1 N–H and O–H groups in total.